The van der Waals surface area contributed by atoms with Gasteiger partial charge >= 0.3 is 5.97 Å². The first kappa shape index (κ1) is 16.2. The van der Waals surface area contributed by atoms with Crippen LogP contribution in [0.1, 0.15) is 18.9 Å². The third-order valence-electron chi connectivity index (χ3n) is 2.66. The highest BCUT2D eigenvalue weighted by Crippen LogP contribution is 2.10. The molecule has 5 nitrogen and oxygen atoms in total. The molecule has 0 fully saturated rings. The number of nitriles is 1. The van der Waals surface area contributed by atoms with E-state index < -0.39 is 18.0 Å². The first-order chi connectivity index (χ1) is 9.67. The number of hydrogen-bond donors (Lipinski definition) is 1. The molecule has 0 aromatic heterocycles. The van der Waals surface area contributed by atoms with E-state index in [2.05, 4.69) is 0 Å². The third kappa shape index (κ3) is 5.83. The summed E-state index contributed by atoms with van der Waals surface area (Å²) in [6, 6.07) is 11.4. The van der Waals surface area contributed by atoms with E-state index in [1.807, 2.05) is 36.4 Å². The molecule has 5 heteroatoms. The van der Waals surface area contributed by atoms with E-state index in [0.29, 0.717) is 6.61 Å². The van der Waals surface area contributed by atoms with E-state index in [4.69, 9.17) is 14.7 Å². The number of esters is 1. The molecule has 2 unspecified atom stereocenters. The minimum Gasteiger partial charge on any atom is -0.465 e. The van der Waals surface area contributed by atoms with Gasteiger partial charge in [-0.2, -0.15) is 5.26 Å². The molecule has 108 valence electrons. The van der Waals surface area contributed by atoms with Crippen LogP contribution in [-0.2, 0) is 20.9 Å². The van der Waals surface area contributed by atoms with E-state index in [1.165, 1.54) is 0 Å². The zero-order valence-electron chi connectivity index (χ0n) is 11.5. The Kier molecular flexibility index (Phi) is 7.33. The summed E-state index contributed by atoms with van der Waals surface area (Å²) in [4.78, 5) is 11.4. The van der Waals surface area contributed by atoms with Crippen LogP contribution < -0.4 is 0 Å². The van der Waals surface area contributed by atoms with Gasteiger partial charge in [0.05, 0.1) is 32.0 Å². The second-order valence-corrected chi connectivity index (χ2v) is 4.32. The number of benzene rings is 1. The van der Waals surface area contributed by atoms with Gasteiger partial charge in [0.15, 0.2) is 0 Å². The van der Waals surface area contributed by atoms with Crippen molar-refractivity contribution in [2.75, 3.05) is 13.2 Å². The molecule has 1 N–H and O–H groups in total. The molecule has 1 aromatic carbocycles. The maximum absolute atomic E-state index is 11.4. The Labute approximate surface area is 118 Å². The van der Waals surface area contributed by atoms with Crippen LogP contribution in [0.25, 0.3) is 0 Å². The third-order valence-corrected chi connectivity index (χ3v) is 2.66. The summed E-state index contributed by atoms with van der Waals surface area (Å²) in [6.07, 6.45) is -0.850. The second-order valence-electron chi connectivity index (χ2n) is 4.32. The Bertz CT molecular complexity index is 441. The number of nitrogens with zero attached hydrogens (tertiary/aromatic N) is 1. The Hall–Kier alpha value is -1.90. The first-order valence-corrected chi connectivity index (χ1v) is 6.53. The van der Waals surface area contributed by atoms with Gasteiger partial charge in [0.1, 0.15) is 5.92 Å². The van der Waals surface area contributed by atoms with Gasteiger partial charge in [0.25, 0.3) is 0 Å². The maximum Gasteiger partial charge on any atom is 0.323 e. The monoisotopic (exact) mass is 277 g/mol. The smallest absolute Gasteiger partial charge is 0.323 e. The minimum absolute atomic E-state index is 0.0180. The highest BCUT2D eigenvalue weighted by Gasteiger charge is 2.22. The van der Waals surface area contributed by atoms with Crippen LogP contribution in [0.15, 0.2) is 30.3 Å². The molecule has 0 saturated carbocycles. The quantitative estimate of drug-likeness (QED) is 0.731. The molecular formula is C15H19NO4. The molecule has 1 aromatic rings. The molecule has 20 heavy (non-hydrogen) atoms. The molecule has 0 spiro atoms. The number of hydrogen-bond acceptors (Lipinski definition) is 5. The average Bonchev–Trinajstić information content (AvgIpc) is 2.46. The lowest BCUT2D eigenvalue weighted by molar-refractivity contribution is -0.147. The van der Waals surface area contributed by atoms with Crippen molar-refractivity contribution in [2.45, 2.75) is 26.1 Å². The normalized spacial score (nSPS) is 13.2. The van der Waals surface area contributed by atoms with Gasteiger partial charge in [-0.1, -0.05) is 30.3 Å². The minimum atomic E-state index is -0.953. The Morgan fingerprint density at radius 2 is 2.10 bits per heavy atom. The summed E-state index contributed by atoms with van der Waals surface area (Å²) >= 11 is 0. The lowest BCUT2D eigenvalue weighted by atomic mass is 10.0. The molecular weight excluding hydrogens is 258 g/mol. The Balaban J connectivity index is 2.30. The number of aliphatic hydroxyl groups is 1. The van der Waals surface area contributed by atoms with Crippen LogP contribution in [-0.4, -0.2) is 30.4 Å². The molecule has 0 aliphatic heterocycles. The van der Waals surface area contributed by atoms with Crippen LogP contribution in [0.3, 0.4) is 0 Å². The molecule has 0 saturated heterocycles. The zero-order valence-corrected chi connectivity index (χ0v) is 11.5. The molecule has 0 aliphatic carbocycles. The number of aliphatic hydroxyl groups excluding tert-OH is 1. The van der Waals surface area contributed by atoms with Crippen LogP contribution >= 0.6 is 0 Å². The van der Waals surface area contributed by atoms with Crippen molar-refractivity contribution >= 4 is 5.97 Å². The van der Waals surface area contributed by atoms with E-state index in [0.717, 1.165) is 5.56 Å². The van der Waals surface area contributed by atoms with Crippen molar-refractivity contribution in [2.24, 2.45) is 5.92 Å². The second kappa shape index (κ2) is 9.08. The van der Waals surface area contributed by atoms with Gasteiger partial charge in [-0.15, -0.1) is 0 Å². The van der Waals surface area contributed by atoms with Gasteiger partial charge in [-0.05, 0) is 12.5 Å². The molecule has 0 radical (unpaired) electrons. The Morgan fingerprint density at radius 1 is 1.40 bits per heavy atom. The summed E-state index contributed by atoms with van der Waals surface area (Å²) in [5, 5.41) is 18.6. The summed E-state index contributed by atoms with van der Waals surface area (Å²) in [6.45, 7) is 2.35. The highest BCUT2D eigenvalue weighted by molar-refractivity contribution is 5.75. The van der Waals surface area contributed by atoms with Crippen LogP contribution in [0.4, 0.5) is 0 Å². The molecule has 0 bridgehead atoms. The predicted octanol–water partition coefficient (Wildman–Crippen LogP) is 1.66. The summed E-state index contributed by atoms with van der Waals surface area (Å²) < 4.78 is 10.1. The standard InChI is InChI=1S/C15H19NO4/c1-2-20-15(18)13(9-16)8-14(17)11-19-10-12-6-4-3-5-7-12/h3-7,13-14,17H,2,8,10-11H2,1H3. The van der Waals surface area contributed by atoms with E-state index >= 15 is 0 Å². The van der Waals surface area contributed by atoms with Crippen LogP contribution in [0.2, 0.25) is 0 Å². The fourth-order valence-electron chi connectivity index (χ4n) is 1.67. The van der Waals surface area contributed by atoms with Gasteiger partial charge < -0.3 is 14.6 Å². The lowest BCUT2D eigenvalue weighted by Gasteiger charge is -2.14. The summed E-state index contributed by atoms with van der Waals surface area (Å²) in [7, 11) is 0. The van der Waals surface area contributed by atoms with Gasteiger partial charge in [0.2, 0.25) is 0 Å². The Morgan fingerprint density at radius 3 is 2.70 bits per heavy atom. The average molecular weight is 277 g/mol. The van der Waals surface area contributed by atoms with Crippen LogP contribution in [0.5, 0.6) is 0 Å². The van der Waals surface area contributed by atoms with Crippen molar-refractivity contribution in [1.29, 1.82) is 5.26 Å². The molecule has 0 heterocycles. The largest absolute Gasteiger partial charge is 0.465 e. The fraction of sp³-hybridized carbons (Fsp3) is 0.467. The van der Waals surface area contributed by atoms with Gasteiger partial charge in [-0.3, -0.25) is 4.79 Å². The zero-order chi connectivity index (χ0) is 14.8. The number of rotatable bonds is 8. The van der Waals surface area contributed by atoms with Crippen molar-refractivity contribution in [3.63, 3.8) is 0 Å². The molecule has 2 atom stereocenters. The maximum atomic E-state index is 11.4. The SMILES string of the molecule is CCOC(=O)C(C#N)CC(O)COCc1ccccc1. The first-order valence-electron chi connectivity index (χ1n) is 6.53. The number of ether oxygens (including phenoxy) is 2. The van der Waals surface area contributed by atoms with Gasteiger partial charge in [0, 0.05) is 6.42 Å². The number of carbonyl (C=O) groups excluding carboxylic acids is 1. The predicted molar refractivity (Wildman–Crippen MR) is 72.5 cm³/mol. The van der Waals surface area contributed by atoms with Crippen LogP contribution in [0, 0.1) is 17.2 Å². The topological polar surface area (TPSA) is 79.6 Å². The van der Waals surface area contributed by atoms with E-state index in [9.17, 15) is 9.90 Å². The molecule has 0 amide bonds. The number of carbonyl (C=O) groups is 1. The summed E-state index contributed by atoms with van der Waals surface area (Å²) in [5.41, 5.74) is 1.00. The van der Waals surface area contributed by atoms with Crippen molar-refractivity contribution in [3.8, 4) is 6.07 Å². The highest BCUT2D eigenvalue weighted by atomic mass is 16.5. The fourth-order valence-corrected chi connectivity index (χ4v) is 1.67. The van der Waals surface area contributed by atoms with Crippen molar-refractivity contribution < 1.29 is 19.4 Å². The summed E-state index contributed by atoms with van der Waals surface area (Å²) in [5.74, 6) is -1.55. The van der Waals surface area contributed by atoms with Gasteiger partial charge in [-0.25, -0.2) is 0 Å². The van der Waals surface area contributed by atoms with Crippen molar-refractivity contribution in [1.82, 2.24) is 0 Å². The van der Waals surface area contributed by atoms with E-state index in [-0.39, 0.29) is 19.6 Å². The van der Waals surface area contributed by atoms with Crippen molar-refractivity contribution in [3.05, 3.63) is 35.9 Å². The van der Waals surface area contributed by atoms with E-state index in [1.54, 1.807) is 6.92 Å². The molecule has 0 aliphatic rings. The lowest BCUT2D eigenvalue weighted by Crippen LogP contribution is -2.25. The molecule has 1 rings (SSSR count).